The summed E-state index contributed by atoms with van der Waals surface area (Å²) in [6.45, 7) is 2.30. The lowest BCUT2D eigenvalue weighted by Crippen LogP contribution is -2.40. The number of ether oxygens (including phenoxy) is 2. The molecule has 0 heterocycles. The molecule has 30 heavy (non-hydrogen) atoms. The van der Waals surface area contributed by atoms with Crippen molar-refractivity contribution < 1.29 is 31.5 Å². The van der Waals surface area contributed by atoms with Crippen molar-refractivity contribution in [1.82, 2.24) is 10.0 Å². The number of alkyl halides is 2. The molecule has 2 N–H and O–H groups in total. The maximum absolute atomic E-state index is 12.7. The number of carbonyl (C=O) groups is 1. The van der Waals surface area contributed by atoms with Crippen LogP contribution in [0.1, 0.15) is 36.7 Å². The van der Waals surface area contributed by atoms with Crippen molar-refractivity contribution in [1.29, 1.82) is 0 Å². The van der Waals surface area contributed by atoms with Crippen LogP contribution in [0.3, 0.4) is 0 Å². The molecule has 0 aliphatic heterocycles. The standard InChI is InChI=1S/C20H24F2N2O5S/c1-20(2,3)24-30(26,27)17-11-14(7-10-16(17)28-4)18(25)23-12-13-5-8-15(9-6-13)29-19(21)22/h5-11,19,24H,12H2,1-4H3,(H,23,25). The predicted octanol–water partition coefficient (Wildman–Crippen LogP) is 3.30. The average molecular weight is 442 g/mol. The topological polar surface area (TPSA) is 93.7 Å². The van der Waals surface area contributed by atoms with Crippen molar-refractivity contribution in [3.63, 3.8) is 0 Å². The molecule has 0 aromatic heterocycles. The van der Waals surface area contributed by atoms with E-state index in [1.54, 1.807) is 20.8 Å². The third-order valence-corrected chi connectivity index (χ3v) is 5.54. The van der Waals surface area contributed by atoms with Gasteiger partial charge in [-0.15, -0.1) is 0 Å². The second-order valence-electron chi connectivity index (χ2n) is 7.43. The Bertz CT molecular complexity index is 987. The van der Waals surface area contributed by atoms with E-state index in [1.807, 2.05) is 0 Å². The van der Waals surface area contributed by atoms with Gasteiger partial charge >= 0.3 is 6.61 Å². The SMILES string of the molecule is COc1ccc(C(=O)NCc2ccc(OC(F)F)cc2)cc1S(=O)(=O)NC(C)(C)C. The van der Waals surface area contributed by atoms with Gasteiger partial charge in [-0.3, -0.25) is 4.79 Å². The second-order valence-corrected chi connectivity index (χ2v) is 9.08. The van der Waals surface area contributed by atoms with E-state index in [4.69, 9.17) is 4.74 Å². The van der Waals surface area contributed by atoms with E-state index in [9.17, 15) is 22.0 Å². The lowest BCUT2D eigenvalue weighted by atomic mass is 10.1. The van der Waals surface area contributed by atoms with Crippen LogP contribution < -0.4 is 19.5 Å². The molecule has 0 unspecified atom stereocenters. The fourth-order valence-electron chi connectivity index (χ4n) is 2.56. The molecule has 1 amide bonds. The number of benzene rings is 2. The number of amides is 1. The second kappa shape index (κ2) is 9.40. The Hall–Kier alpha value is -2.72. The van der Waals surface area contributed by atoms with E-state index in [0.29, 0.717) is 5.56 Å². The third-order valence-electron chi connectivity index (χ3n) is 3.76. The Morgan fingerprint density at radius 2 is 1.73 bits per heavy atom. The van der Waals surface area contributed by atoms with Crippen LogP contribution in [-0.4, -0.2) is 33.6 Å². The Morgan fingerprint density at radius 3 is 2.27 bits per heavy atom. The summed E-state index contributed by atoms with van der Waals surface area (Å²) in [5, 5.41) is 2.66. The molecule has 0 spiro atoms. The summed E-state index contributed by atoms with van der Waals surface area (Å²) in [4.78, 5) is 12.4. The highest BCUT2D eigenvalue weighted by Crippen LogP contribution is 2.26. The Morgan fingerprint density at radius 1 is 1.10 bits per heavy atom. The first kappa shape index (κ1) is 23.6. The van der Waals surface area contributed by atoms with Gasteiger partial charge in [-0.1, -0.05) is 12.1 Å². The lowest BCUT2D eigenvalue weighted by Gasteiger charge is -2.21. The van der Waals surface area contributed by atoms with E-state index in [1.165, 1.54) is 49.6 Å². The summed E-state index contributed by atoms with van der Waals surface area (Å²) >= 11 is 0. The molecule has 2 rings (SSSR count). The van der Waals surface area contributed by atoms with Gasteiger partial charge in [0.25, 0.3) is 5.91 Å². The minimum atomic E-state index is -3.93. The third kappa shape index (κ3) is 6.67. The summed E-state index contributed by atoms with van der Waals surface area (Å²) in [6, 6.07) is 9.90. The van der Waals surface area contributed by atoms with Gasteiger partial charge in [0.2, 0.25) is 10.0 Å². The molecule has 0 bridgehead atoms. The van der Waals surface area contributed by atoms with E-state index in [2.05, 4.69) is 14.8 Å². The maximum atomic E-state index is 12.7. The van der Waals surface area contributed by atoms with Gasteiger partial charge in [-0.2, -0.15) is 8.78 Å². The van der Waals surface area contributed by atoms with Gasteiger partial charge in [0.15, 0.2) is 0 Å². The highest BCUT2D eigenvalue weighted by Gasteiger charge is 2.26. The molecule has 164 valence electrons. The van der Waals surface area contributed by atoms with Crippen molar-refractivity contribution in [2.75, 3.05) is 7.11 Å². The van der Waals surface area contributed by atoms with Gasteiger partial charge in [-0.25, -0.2) is 13.1 Å². The van der Waals surface area contributed by atoms with Crippen LogP contribution in [0.25, 0.3) is 0 Å². The molecular weight excluding hydrogens is 418 g/mol. The number of hydrogen-bond acceptors (Lipinski definition) is 5. The van der Waals surface area contributed by atoms with E-state index in [-0.39, 0.29) is 28.5 Å². The van der Waals surface area contributed by atoms with Gasteiger partial charge in [0.1, 0.15) is 16.4 Å². The maximum Gasteiger partial charge on any atom is 0.387 e. The zero-order valence-corrected chi connectivity index (χ0v) is 17.8. The summed E-state index contributed by atoms with van der Waals surface area (Å²) in [7, 11) is -2.59. The molecule has 0 saturated carbocycles. The van der Waals surface area contributed by atoms with Crippen LogP contribution in [0.5, 0.6) is 11.5 Å². The average Bonchev–Trinajstić information content (AvgIpc) is 2.64. The summed E-state index contributed by atoms with van der Waals surface area (Å²) in [5.74, 6) is -0.382. The van der Waals surface area contributed by atoms with Gasteiger partial charge in [-0.05, 0) is 56.7 Å². The molecule has 2 aromatic carbocycles. The summed E-state index contributed by atoms with van der Waals surface area (Å²) in [5.41, 5.74) is 0.0610. The number of methoxy groups -OCH3 is 1. The molecule has 7 nitrogen and oxygen atoms in total. The fourth-order valence-corrected chi connectivity index (χ4v) is 4.17. The highest BCUT2D eigenvalue weighted by molar-refractivity contribution is 7.89. The van der Waals surface area contributed by atoms with Crippen LogP contribution in [0.4, 0.5) is 8.78 Å². The Labute approximate surface area is 174 Å². The first-order valence-corrected chi connectivity index (χ1v) is 10.4. The molecule has 0 atom stereocenters. The Balaban J connectivity index is 2.16. The van der Waals surface area contributed by atoms with Gasteiger partial charge in [0.05, 0.1) is 7.11 Å². The molecule has 0 saturated heterocycles. The zero-order valence-electron chi connectivity index (χ0n) is 17.0. The number of hydrogen-bond donors (Lipinski definition) is 2. The zero-order chi connectivity index (χ0) is 22.5. The monoisotopic (exact) mass is 442 g/mol. The van der Waals surface area contributed by atoms with Gasteiger partial charge in [0, 0.05) is 17.6 Å². The lowest BCUT2D eigenvalue weighted by molar-refractivity contribution is -0.0498. The number of sulfonamides is 1. The highest BCUT2D eigenvalue weighted by atomic mass is 32.2. The summed E-state index contributed by atoms with van der Waals surface area (Å²) < 4.78 is 61.7. The van der Waals surface area contributed by atoms with Crippen LogP contribution >= 0.6 is 0 Å². The number of rotatable bonds is 8. The van der Waals surface area contributed by atoms with Crippen molar-refractivity contribution in [3.05, 3.63) is 53.6 Å². The van der Waals surface area contributed by atoms with E-state index in [0.717, 1.165) is 0 Å². The van der Waals surface area contributed by atoms with Crippen molar-refractivity contribution in [2.24, 2.45) is 0 Å². The molecule has 0 aliphatic carbocycles. The van der Waals surface area contributed by atoms with E-state index < -0.39 is 28.1 Å². The molecular formula is C20H24F2N2O5S. The Kier molecular flexibility index (Phi) is 7.38. The minimum absolute atomic E-state index is 0.0106. The molecule has 0 aliphatic rings. The summed E-state index contributed by atoms with van der Waals surface area (Å²) in [6.07, 6.45) is 0. The van der Waals surface area contributed by atoms with Crippen LogP contribution in [0, 0.1) is 0 Å². The van der Waals surface area contributed by atoms with Crippen molar-refractivity contribution >= 4 is 15.9 Å². The van der Waals surface area contributed by atoms with Crippen LogP contribution in [-0.2, 0) is 16.6 Å². The smallest absolute Gasteiger partial charge is 0.387 e. The first-order chi connectivity index (χ1) is 13.9. The quantitative estimate of drug-likeness (QED) is 0.654. The molecule has 0 radical (unpaired) electrons. The molecule has 0 fully saturated rings. The fraction of sp³-hybridized carbons (Fsp3) is 0.350. The molecule has 2 aromatic rings. The predicted molar refractivity (Wildman–Crippen MR) is 107 cm³/mol. The van der Waals surface area contributed by atoms with Crippen molar-refractivity contribution in [3.8, 4) is 11.5 Å². The van der Waals surface area contributed by atoms with Gasteiger partial charge < -0.3 is 14.8 Å². The normalized spacial score (nSPS) is 12.0. The minimum Gasteiger partial charge on any atom is -0.495 e. The van der Waals surface area contributed by atoms with E-state index >= 15 is 0 Å². The number of nitrogens with one attached hydrogen (secondary N) is 2. The molecule has 10 heteroatoms. The van der Waals surface area contributed by atoms with Crippen LogP contribution in [0.15, 0.2) is 47.4 Å². The van der Waals surface area contributed by atoms with Crippen LogP contribution in [0.2, 0.25) is 0 Å². The van der Waals surface area contributed by atoms with Crippen molar-refractivity contribution in [2.45, 2.75) is 44.4 Å². The number of halogens is 2. The first-order valence-electron chi connectivity index (χ1n) is 8.95. The largest absolute Gasteiger partial charge is 0.495 e. The number of carbonyl (C=O) groups excluding carboxylic acids is 1.